The highest BCUT2D eigenvalue weighted by Gasteiger charge is 2.50. The van der Waals surface area contributed by atoms with E-state index < -0.39 is 18.1 Å². The molecule has 0 bridgehead atoms. The van der Waals surface area contributed by atoms with Crippen molar-refractivity contribution in [2.24, 2.45) is 0 Å². The van der Waals surface area contributed by atoms with Crippen LogP contribution in [-0.4, -0.2) is 57.1 Å². The number of rotatable bonds is 2. The van der Waals surface area contributed by atoms with Gasteiger partial charge in [-0.2, -0.15) is 0 Å². The molecule has 3 aliphatic heterocycles. The first kappa shape index (κ1) is 14.6. The summed E-state index contributed by atoms with van der Waals surface area (Å²) in [5.41, 5.74) is 1.60. The largest absolute Gasteiger partial charge is 0.480 e. The molecule has 2 saturated heterocycles. The third-order valence-electron chi connectivity index (χ3n) is 4.80. The summed E-state index contributed by atoms with van der Waals surface area (Å²) in [5.74, 6) is -0.799. The van der Waals surface area contributed by atoms with Crippen LogP contribution >= 0.6 is 11.8 Å². The van der Waals surface area contributed by atoms with Crippen LogP contribution in [0.25, 0.3) is 0 Å². The number of carboxylic acids is 1. The lowest BCUT2D eigenvalue weighted by Gasteiger charge is -2.29. The lowest BCUT2D eigenvalue weighted by molar-refractivity contribution is -0.149. The van der Waals surface area contributed by atoms with Gasteiger partial charge in [-0.25, -0.2) is 4.79 Å². The number of thioether (sulfide) groups is 1. The molecule has 0 saturated carbocycles. The van der Waals surface area contributed by atoms with Gasteiger partial charge < -0.3 is 14.9 Å². The maximum atomic E-state index is 12.9. The van der Waals surface area contributed by atoms with Crippen LogP contribution in [0.1, 0.15) is 34.1 Å². The number of benzene rings is 1. The predicted molar refractivity (Wildman–Crippen MR) is 84.0 cm³/mol. The fourth-order valence-corrected chi connectivity index (χ4v) is 5.17. The molecule has 0 radical (unpaired) electrons. The lowest BCUT2D eigenvalue weighted by Crippen LogP contribution is -2.51. The lowest BCUT2D eigenvalue weighted by atomic mass is 10.1. The van der Waals surface area contributed by atoms with E-state index in [1.807, 2.05) is 18.2 Å². The molecule has 120 valence electrons. The molecule has 2 amide bonds. The minimum absolute atomic E-state index is 0.125. The van der Waals surface area contributed by atoms with Gasteiger partial charge in [-0.15, -0.1) is 11.8 Å². The van der Waals surface area contributed by atoms with Crippen molar-refractivity contribution in [2.75, 3.05) is 12.3 Å². The summed E-state index contributed by atoms with van der Waals surface area (Å²) in [6, 6.07) is 6.10. The number of hydrogen-bond donors (Lipinski definition) is 1. The quantitative estimate of drug-likeness (QED) is 0.884. The molecule has 0 aliphatic carbocycles. The summed E-state index contributed by atoms with van der Waals surface area (Å²) in [6.45, 7) is 0.455. The van der Waals surface area contributed by atoms with E-state index in [9.17, 15) is 19.5 Å². The van der Waals surface area contributed by atoms with E-state index in [1.54, 1.807) is 22.7 Å². The Morgan fingerprint density at radius 2 is 2.00 bits per heavy atom. The first-order chi connectivity index (χ1) is 11.1. The molecule has 3 aliphatic rings. The number of carbonyl (C=O) groups is 3. The van der Waals surface area contributed by atoms with E-state index in [0.29, 0.717) is 30.7 Å². The van der Waals surface area contributed by atoms with Crippen molar-refractivity contribution in [3.05, 3.63) is 35.4 Å². The zero-order valence-electron chi connectivity index (χ0n) is 12.3. The van der Waals surface area contributed by atoms with Gasteiger partial charge in [-0.3, -0.25) is 9.59 Å². The molecule has 7 heteroatoms. The Labute approximate surface area is 137 Å². The van der Waals surface area contributed by atoms with Gasteiger partial charge in [0, 0.05) is 17.9 Å². The first-order valence-electron chi connectivity index (χ1n) is 7.66. The number of amides is 2. The monoisotopic (exact) mass is 332 g/mol. The highest BCUT2D eigenvalue weighted by atomic mass is 32.2. The van der Waals surface area contributed by atoms with E-state index in [0.717, 1.165) is 5.56 Å². The van der Waals surface area contributed by atoms with Crippen LogP contribution in [0.15, 0.2) is 24.3 Å². The zero-order valence-corrected chi connectivity index (χ0v) is 13.2. The summed E-state index contributed by atoms with van der Waals surface area (Å²) in [4.78, 5) is 39.9. The summed E-state index contributed by atoms with van der Waals surface area (Å²) in [5, 5.41) is 9.15. The van der Waals surface area contributed by atoms with Crippen molar-refractivity contribution in [3.8, 4) is 0 Å². The zero-order chi connectivity index (χ0) is 16.1. The highest BCUT2D eigenvalue weighted by Crippen LogP contribution is 2.48. The molecule has 1 N–H and O–H groups in total. The molecule has 23 heavy (non-hydrogen) atoms. The second-order valence-corrected chi connectivity index (χ2v) is 7.14. The highest BCUT2D eigenvalue weighted by molar-refractivity contribution is 7.99. The van der Waals surface area contributed by atoms with Crippen molar-refractivity contribution in [1.29, 1.82) is 0 Å². The smallest absolute Gasteiger partial charge is 0.326 e. The summed E-state index contributed by atoms with van der Waals surface area (Å²) in [7, 11) is 0. The average molecular weight is 332 g/mol. The molecule has 2 fully saturated rings. The van der Waals surface area contributed by atoms with E-state index >= 15 is 0 Å². The van der Waals surface area contributed by atoms with Crippen molar-refractivity contribution >= 4 is 29.5 Å². The van der Waals surface area contributed by atoms with Crippen LogP contribution in [0.5, 0.6) is 0 Å². The van der Waals surface area contributed by atoms with Gasteiger partial charge in [0.1, 0.15) is 17.5 Å². The molecular formula is C16H16N2O4S. The predicted octanol–water partition coefficient (Wildman–Crippen LogP) is 1.33. The Morgan fingerprint density at radius 1 is 1.22 bits per heavy atom. The third-order valence-corrected chi connectivity index (χ3v) is 6.10. The summed E-state index contributed by atoms with van der Waals surface area (Å²) in [6.07, 6.45) is 1.18. The van der Waals surface area contributed by atoms with Gasteiger partial charge in [0.05, 0.1) is 0 Å². The number of carbonyl (C=O) groups excluding carboxylic acids is 2. The minimum Gasteiger partial charge on any atom is -0.480 e. The fraction of sp³-hybridized carbons (Fsp3) is 0.438. The van der Waals surface area contributed by atoms with E-state index in [-0.39, 0.29) is 17.2 Å². The SMILES string of the molecule is O=C(O)[C@H]1CCCN1C(=O)[C@@H]1CS[C@H]2c3ccccc3C(=O)N12. The molecule has 0 unspecified atom stereocenters. The normalized spacial score (nSPS) is 28.9. The van der Waals surface area contributed by atoms with Crippen molar-refractivity contribution in [2.45, 2.75) is 30.3 Å². The number of aliphatic carboxylic acids is 1. The van der Waals surface area contributed by atoms with Crippen LogP contribution < -0.4 is 0 Å². The topological polar surface area (TPSA) is 77.9 Å². The van der Waals surface area contributed by atoms with Crippen LogP contribution in [0.3, 0.4) is 0 Å². The van der Waals surface area contributed by atoms with Crippen LogP contribution in [0, 0.1) is 0 Å². The minimum atomic E-state index is -0.964. The Hall–Kier alpha value is -2.02. The second-order valence-electron chi connectivity index (χ2n) is 6.03. The first-order valence-corrected chi connectivity index (χ1v) is 8.71. The number of hydrogen-bond acceptors (Lipinski definition) is 4. The molecule has 0 spiro atoms. The molecule has 4 rings (SSSR count). The Morgan fingerprint density at radius 3 is 2.78 bits per heavy atom. The average Bonchev–Trinajstić information content (AvgIpc) is 3.24. The molecular weight excluding hydrogens is 316 g/mol. The Bertz CT molecular complexity index is 707. The molecule has 3 heterocycles. The molecule has 1 aromatic carbocycles. The van der Waals surface area contributed by atoms with Crippen molar-refractivity contribution in [3.63, 3.8) is 0 Å². The number of nitrogens with zero attached hydrogens (tertiary/aromatic N) is 2. The Kier molecular flexibility index (Phi) is 3.33. The van der Waals surface area contributed by atoms with Gasteiger partial charge in [0.2, 0.25) is 5.91 Å². The van der Waals surface area contributed by atoms with Crippen LogP contribution in [0.2, 0.25) is 0 Å². The van der Waals surface area contributed by atoms with Gasteiger partial charge >= 0.3 is 5.97 Å². The summed E-state index contributed by atoms with van der Waals surface area (Å²) < 4.78 is 0. The van der Waals surface area contributed by atoms with Crippen LogP contribution in [0.4, 0.5) is 0 Å². The molecule has 3 atom stereocenters. The van der Waals surface area contributed by atoms with Crippen molar-refractivity contribution < 1.29 is 19.5 Å². The maximum Gasteiger partial charge on any atom is 0.326 e. The number of carboxylic acid groups (broad SMARTS) is 1. The van der Waals surface area contributed by atoms with Gasteiger partial charge in [-0.1, -0.05) is 18.2 Å². The van der Waals surface area contributed by atoms with Gasteiger partial charge in [0.25, 0.3) is 5.91 Å². The summed E-state index contributed by atoms with van der Waals surface area (Å²) >= 11 is 1.57. The third kappa shape index (κ3) is 2.06. The Balaban J connectivity index is 1.62. The number of likely N-dealkylation sites (tertiary alicyclic amines) is 1. The van der Waals surface area contributed by atoms with Crippen LogP contribution in [-0.2, 0) is 9.59 Å². The standard InChI is InChI=1S/C16H16N2O4S/c19-13-9-4-1-2-5-10(9)15-18(13)12(8-23-15)14(20)17-7-3-6-11(17)16(21)22/h1-2,4-5,11-12,15H,3,6-8H2,(H,21,22)/t11-,12+,15+/m1/s1. The molecule has 6 nitrogen and oxygen atoms in total. The molecule has 0 aromatic heterocycles. The van der Waals surface area contributed by atoms with E-state index in [1.165, 1.54) is 4.90 Å². The maximum absolute atomic E-state index is 12.9. The van der Waals surface area contributed by atoms with E-state index in [2.05, 4.69) is 0 Å². The van der Waals surface area contributed by atoms with Gasteiger partial charge in [0.15, 0.2) is 0 Å². The van der Waals surface area contributed by atoms with E-state index in [4.69, 9.17) is 0 Å². The second kappa shape index (κ2) is 5.26. The molecule has 1 aromatic rings. The number of fused-ring (bicyclic) bond motifs is 3. The van der Waals surface area contributed by atoms with Crippen molar-refractivity contribution in [1.82, 2.24) is 9.80 Å². The van der Waals surface area contributed by atoms with Gasteiger partial charge in [-0.05, 0) is 24.5 Å². The fourth-order valence-electron chi connectivity index (χ4n) is 3.71.